The highest BCUT2D eigenvalue weighted by molar-refractivity contribution is 7.89. The number of aromatic nitrogens is 2. The van der Waals surface area contributed by atoms with Crippen LogP contribution >= 0.6 is 11.6 Å². The minimum absolute atomic E-state index is 0.0329. The van der Waals surface area contributed by atoms with E-state index in [9.17, 15) is 12.8 Å². The zero-order valence-electron chi connectivity index (χ0n) is 19.0. The monoisotopic (exact) mass is 470 g/mol. The average molecular weight is 471 g/mol. The van der Waals surface area contributed by atoms with Crippen LogP contribution in [0.4, 0.5) is 4.39 Å². The fourth-order valence-electron chi connectivity index (χ4n) is 3.54. The molecule has 0 unspecified atom stereocenters. The van der Waals surface area contributed by atoms with Gasteiger partial charge in [0, 0.05) is 38.3 Å². The quantitative estimate of drug-likeness (QED) is 0.587. The Morgan fingerprint density at radius 1 is 1.26 bits per heavy atom. The van der Waals surface area contributed by atoms with Crippen LogP contribution in [0.5, 0.6) is 0 Å². The van der Waals surface area contributed by atoms with E-state index >= 15 is 0 Å². The van der Waals surface area contributed by atoms with Gasteiger partial charge < -0.3 is 5.73 Å². The van der Waals surface area contributed by atoms with Crippen molar-refractivity contribution >= 4 is 21.6 Å². The Morgan fingerprint density at radius 2 is 1.90 bits per heavy atom. The molecule has 31 heavy (non-hydrogen) atoms. The first-order valence-electron chi connectivity index (χ1n) is 10.2. The Morgan fingerprint density at radius 3 is 2.39 bits per heavy atom. The number of sulfonamides is 1. The van der Waals surface area contributed by atoms with Gasteiger partial charge in [0.25, 0.3) is 0 Å². The van der Waals surface area contributed by atoms with Gasteiger partial charge in [0.05, 0.1) is 17.3 Å². The van der Waals surface area contributed by atoms with E-state index in [-0.39, 0.29) is 40.7 Å². The van der Waals surface area contributed by atoms with Crippen molar-refractivity contribution < 1.29 is 12.8 Å². The van der Waals surface area contributed by atoms with Crippen molar-refractivity contribution in [3.8, 4) is 0 Å². The average Bonchev–Trinajstić information content (AvgIpc) is 2.99. The van der Waals surface area contributed by atoms with E-state index in [0.29, 0.717) is 6.42 Å². The van der Waals surface area contributed by atoms with Crippen molar-refractivity contribution in [3.05, 3.63) is 57.6 Å². The van der Waals surface area contributed by atoms with Crippen LogP contribution in [0.15, 0.2) is 35.0 Å². The van der Waals surface area contributed by atoms with Gasteiger partial charge >= 0.3 is 0 Å². The Labute approximate surface area is 189 Å². The molecular weight excluding hydrogens is 439 g/mol. The number of benzene rings is 1. The molecule has 0 aliphatic heterocycles. The molecule has 2 rings (SSSR count). The van der Waals surface area contributed by atoms with Crippen LogP contribution in [0, 0.1) is 0 Å². The molecule has 2 N–H and O–H groups in total. The summed E-state index contributed by atoms with van der Waals surface area (Å²) in [6.07, 6.45) is 1.87. The van der Waals surface area contributed by atoms with Crippen LogP contribution in [-0.4, -0.2) is 43.1 Å². The maximum absolute atomic E-state index is 14.2. The highest BCUT2D eigenvalue weighted by atomic mass is 35.5. The second-order valence-electron chi connectivity index (χ2n) is 8.33. The van der Waals surface area contributed by atoms with Crippen LogP contribution in [0.25, 0.3) is 0 Å². The highest BCUT2D eigenvalue weighted by Crippen LogP contribution is 2.32. The van der Waals surface area contributed by atoms with Gasteiger partial charge in [-0.1, -0.05) is 45.4 Å². The number of nitrogens with two attached hydrogens (primary N) is 1. The van der Waals surface area contributed by atoms with Crippen LogP contribution < -0.4 is 5.73 Å². The zero-order valence-corrected chi connectivity index (χ0v) is 20.6. The standard InChI is InChI=1S/C22H32ClFN4O2S/c1-14(2)21-18(22(15(3)4)28(26-21)13-17(24)9-10-25)11-16-7-8-20(19(23)12-16)31(29,30)27(5)6/h7-9,12,14-15H,10-11,13,25H2,1-6H3. The molecule has 1 heterocycles. The van der Waals surface area contributed by atoms with Crippen molar-refractivity contribution in [1.82, 2.24) is 14.1 Å². The first kappa shape index (κ1) is 25.5. The summed E-state index contributed by atoms with van der Waals surface area (Å²) in [6, 6.07) is 4.98. The Bertz CT molecular complexity index is 1060. The number of hydrogen-bond donors (Lipinski definition) is 1. The SMILES string of the molecule is CC(C)c1nn(CC(F)=CCN)c(C(C)C)c1Cc1ccc(S(=O)(=O)N(C)C)c(Cl)c1. The number of hydrogen-bond acceptors (Lipinski definition) is 4. The van der Waals surface area contributed by atoms with Crippen LogP contribution in [0.2, 0.25) is 5.02 Å². The summed E-state index contributed by atoms with van der Waals surface area (Å²) in [5.41, 5.74) is 9.16. The third-order valence-corrected chi connectivity index (χ3v) is 7.29. The molecule has 0 amide bonds. The third-order valence-electron chi connectivity index (χ3n) is 4.99. The molecule has 0 aliphatic rings. The summed E-state index contributed by atoms with van der Waals surface area (Å²) in [5.74, 6) is -0.0706. The number of rotatable bonds is 9. The molecule has 9 heteroatoms. The molecule has 0 fully saturated rings. The summed E-state index contributed by atoms with van der Waals surface area (Å²) in [6.45, 7) is 8.36. The lowest BCUT2D eigenvalue weighted by Gasteiger charge is -2.15. The van der Waals surface area contributed by atoms with E-state index < -0.39 is 10.0 Å². The molecule has 1 aromatic carbocycles. The number of allylic oxidation sites excluding steroid dienone is 1. The van der Waals surface area contributed by atoms with E-state index in [1.807, 2.05) is 27.7 Å². The van der Waals surface area contributed by atoms with Crippen molar-refractivity contribution in [2.24, 2.45) is 5.73 Å². The van der Waals surface area contributed by atoms with Crippen LogP contribution in [0.3, 0.4) is 0 Å². The van der Waals surface area contributed by atoms with Crippen molar-refractivity contribution in [1.29, 1.82) is 0 Å². The second-order valence-corrected chi connectivity index (χ2v) is 10.9. The summed E-state index contributed by atoms with van der Waals surface area (Å²) >= 11 is 6.34. The largest absolute Gasteiger partial charge is 0.327 e. The van der Waals surface area contributed by atoms with Crippen molar-refractivity contribution in [2.75, 3.05) is 20.6 Å². The van der Waals surface area contributed by atoms with Crippen molar-refractivity contribution in [3.63, 3.8) is 0 Å². The van der Waals surface area contributed by atoms with Gasteiger partial charge in [0.1, 0.15) is 10.7 Å². The van der Waals surface area contributed by atoms with E-state index in [2.05, 4.69) is 0 Å². The fraction of sp³-hybridized carbons (Fsp3) is 0.500. The van der Waals surface area contributed by atoms with Crippen LogP contribution in [-0.2, 0) is 23.0 Å². The molecule has 0 saturated carbocycles. The third kappa shape index (κ3) is 5.74. The lowest BCUT2D eigenvalue weighted by molar-refractivity contribution is 0.502. The maximum atomic E-state index is 14.2. The molecular formula is C22H32ClFN4O2S. The molecule has 0 saturated heterocycles. The first-order chi connectivity index (χ1) is 14.4. The van der Waals surface area contributed by atoms with Crippen LogP contribution in [0.1, 0.15) is 62.0 Å². The molecule has 0 atom stereocenters. The molecule has 2 aromatic rings. The Hall–Kier alpha value is -1.74. The Balaban J connectivity index is 2.54. The summed E-state index contributed by atoms with van der Waals surface area (Å²) in [4.78, 5) is 0.0702. The van der Waals surface area contributed by atoms with E-state index in [4.69, 9.17) is 22.4 Å². The fourth-order valence-corrected chi connectivity index (χ4v) is 4.98. The molecule has 0 aliphatic carbocycles. The molecule has 0 spiro atoms. The molecule has 0 bridgehead atoms. The van der Waals surface area contributed by atoms with E-state index in [0.717, 1.165) is 26.8 Å². The van der Waals surface area contributed by atoms with Gasteiger partial charge in [-0.3, -0.25) is 4.68 Å². The minimum atomic E-state index is -3.63. The highest BCUT2D eigenvalue weighted by Gasteiger charge is 2.24. The molecule has 0 radical (unpaired) electrons. The Kier molecular flexibility index (Phi) is 8.44. The molecule has 6 nitrogen and oxygen atoms in total. The lowest BCUT2D eigenvalue weighted by Crippen LogP contribution is -2.22. The second kappa shape index (κ2) is 10.3. The van der Waals surface area contributed by atoms with E-state index in [1.54, 1.807) is 16.8 Å². The first-order valence-corrected chi connectivity index (χ1v) is 12.1. The van der Waals surface area contributed by atoms with Gasteiger partial charge in [-0.15, -0.1) is 0 Å². The molecule has 172 valence electrons. The maximum Gasteiger partial charge on any atom is 0.244 e. The van der Waals surface area contributed by atoms with Gasteiger partial charge in [0.2, 0.25) is 10.0 Å². The minimum Gasteiger partial charge on any atom is -0.327 e. The normalized spacial score (nSPS) is 13.1. The number of nitrogens with zero attached hydrogens (tertiary/aromatic N) is 3. The molecule has 1 aromatic heterocycles. The smallest absolute Gasteiger partial charge is 0.244 e. The van der Waals surface area contributed by atoms with Gasteiger partial charge in [0.15, 0.2) is 0 Å². The van der Waals surface area contributed by atoms with Gasteiger partial charge in [-0.05, 0) is 35.6 Å². The summed E-state index contributed by atoms with van der Waals surface area (Å²) in [5, 5.41) is 4.89. The predicted octanol–water partition coefficient (Wildman–Crippen LogP) is 4.44. The zero-order chi connectivity index (χ0) is 23.5. The number of halogens is 2. The van der Waals surface area contributed by atoms with Gasteiger partial charge in [-0.25, -0.2) is 17.1 Å². The predicted molar refractivity (Wildman–Crippen MR) is 124 cm³/mol. The summed E-state index contributed by atoms with van der Waals surface area (Å²) < 4.78 is 42.0. The lowest BCUT2D eigenvalue weighted by atomic mass is 9.94. The van der Waals surface area contributed by atoms with E-state index in [1.165, 1.54) is 26.2 Å². The van der Waals surface area contributed by atoms with Crippen molar-refractivity contribution in [2.45, 2.75) is 57.4 Å². The topological polar surface area (TPSA) is 81.2 Å². The summed E-state index contributed by atoms with van der Waals surface area (Å²) in [7, 11) is -0.692. The van der Waals surface area contributed by atoms with Gasteiger partial charge in [-0.2, -0.15) is 5.10 Å².